The van der Waals surface area contributed by atoms with Gasteiger partial charge in [-0.15, -0.1) is 16.9 Å². The SMILES string of the molecule is CCOc1cccc2cc(-c3nnc(NC(=O)Cc4ccc(SC)cc4)o3)oc12. The molecule has 8 heteroatoms. The molecule has 0 atom stereocenters. The lowest BCUT2D eigenvalue weighted by Crippen LogP contribution is -2.14. The van der Waals surface area contributed by atoms with E-state index in [-0.39, 0.29) is 24.2 Å². The molecule has 0 bridgehead atoms. The number of para-hydroxylation sites is 1. The number of fused-ring (bicyclic) bond motifs is 1. The molecule has 0 unspecified atom stereocenters. The number of nitrogens with one attached hydrogen (secondary N) is 1. The molecule has 0 spiro atoms. The molecule has 0 saturated carbocycles. The van der Waals surface area contributed by atoms with E-state index < -0.39 is 0 Å². The van der Waals surface area contributed by atoms with Crippen molar-refractivity contribution >= 4 is 34.7 Å². The summed E-state index contributed by atoms with van der Waals surface area (Å²) in [5.74, 6) is 1.01. The summed E-state index contributed by atoms with van der Waals surface area (Å²) >= 11 is 1.65. The van der Waals surface area contributed by atoms with Gasteiger partial charge in [-0.3, -0.25) is 10.1 Å². The Balaban J connectivity index is 1.47. The monoisotopic (exact) mass is 409 g/mol. The van der Waals surface area contributed by atoms with E-state index in [0.29, 0.717) is 23.7 Å². The molecular formula is C21H19N3O4S. The number of carbonyl (C=O) groups is 1. The number of hydrogen-bond donors (Lipinski definition) is 1. The van der Waals surface area contributed by atoms with Crippen LogP contribution in [0.5, 0.6) is 5.75 Å². The van der Waals surface area contributed by atoms with Crippen molar-refractivity contribution in [3.63, 3.8) is 0 Å². The zero-order chi connectivity index (χ0) is 20.2. The molecule has 0 saturated heterocycles. The van der Waals surface area contributed by atoms with Crippen LogP contribution >= 0.6 is 11.8 Å². The minimum Gasteiger partial charge on any atom is -0.490 e. The number of furan rings is 1. The fourth-order valence-electron chi connectivity index (χ4n) is 2.88. The highest BCUT2D eigenvalue weighted by molar-refractivity contribution is 7.98. The molecule has 0 fully saturated rings. The molecule has 2 aromatic carbocycles. The van der Waals surface area contributed by atoms with Crippen LogP contribution in [0.15, 0.2) is 62.3 Å². The molecule has 0 radical (unpaired) electrons. The molecule has 0 aliphatic carbocycles. The van der Waals surface area contributed by atoms with Gasteiger partial charge in [0.2, 0.25) is 5.91 Å². The van der Waals surface area contributed by atoms with Gasteiger partial charge in [0.05, 0.1) is 13.0 Å². The van der Waals surface area contributed by atoms with Gasteiger partial charge in [-0.25, -0.2) is 0 Å². The van der Waals surface area contributed by atoms with Crippen molar-refractivity contribution in [1.29, 1.82) is 0 Å². The first-order chi connectivity index (χ1) is 14.2. The maximum absolute atomic E-state index is 12.3. The molecule has 2 heterocycles. The van der Waals surface area contributed by atoms with Crippen LogP contribution in [0.2, 0.25) is 0 Å². The number of nitrogens with zero attached hydrogens (tertiary/aromatic N) is 2. The standard InChI is InChI=1S/C21H19N3O4S/c1-3-26-16-6-4-5-14-12-17(27-19(14)16)20-23-24-21(28-20)22-18(25)11-13-7-9-15(29-2)10-8-13/h4-10,12H,3,11H2,1-2H3,(H,22,24,25). The average molecular weight is 409 g/mol. The fraction of sp³-hybridized carbons (Fsp3) is 0.190. The van der Waals surface area contributed by atoms with Gasteiger partial charge < -0.3 is 13.6 Å². The van der Waals surface area contributed by atoms with Crippen LogP contribution < -0.4 is 10.1 Å². The van der Waals surface area contributed by atoms with Crippen molar-refractivity contribution in [3.8, 4) is 17.4 Å². The maximum atomic E-state index is 12.3. The first-order valence-electron chi connectivity index (χ1n) is 9.08. The predicted octanol–water partition coefficient (Wildman–Crippen LogP) is 4.78. The fourth-order valence-corrected chi connectivity index (χ4v) is 3.28. The zero-order valence-electron chi connectivity index (χ0n) is 16.0. The minimum atomic E-state index is -0.236. The molecular weight excluding hydrogens is 390 g/mol. The quantitative estimate of drug-likeness (QED) is 0.439. The van der Waals surface area contributed by atoms with Crippen molar-refractivity contribution in [2.45, 2.75) is 18.2 Å². The molecule has 7 nitrogen and oxygen atoms in total. The second-order valence-corrected chi connectivity index (χ2v) is 7.08. The van der Waals surface area contributed by atoms with Crippen molar-refractivity contribution in [3.05, 3.63) is 54.1 Å². The second-order valence-electron chi connectivity index (χ2n) is 6.20. The maximum Gasteiger partial charge on any atom is 0.322 e. The Kier molecular flexibility index (Phi) is 5.53. The first-order valence-corrected chi connectivity index (χ1v) is 10.3. The van der Waals surface area contributed by atoms with Gasteiger partial charge in [0.15, 0.2) is 17.1 Å². The molecule has 0 aliphatic heterocycles. The van der Waals surface area contributed by atoms with Crippen molar-refractivity contribution in [2.24, 2.45) is 0 Å². The number of hydrogen-bond acceptors (Lipinski definition) is 7. The summed E-state index contributed by atoms with van der Waals surface area (Å²) < 4.78 is 17.0. The highest BCUT2D eigenvalue weighted by Crippen LogP contribution is 2.33. The van der Waals surface area contributed by atoms with Crippen LogP contribution in [0.3, 0.4) is 0 Å². The highest BCUT2D eigenvalue weighted by atomic mass is 32.2. The predicted molar refractivity (Wildman–Crippen MR) is 111 cm³/mol. The molecule has 29 heavy (non-hydrogen) atoms. The molecule has 1 N–H and O–H groups in total. The van der Waals surface area contributed by atoms with Gasteiger partial charge in [0, 0.05) is 10.3 Å². The van der Waals surface area contributed by atoms with E-state index in [4.69, 9.17) is 13.6 Å². The Labute approximate surface area is 171 Å². The number of ether oxygens (including phenoxy) is 1. The van der Waals surface area contributed by atoms with Gasteiger partial charge in [-0.2, -0.15) is 0 Å². The summed E-state index contributed by atoms with van der Waals surface area (Å²) in [4.78, 5) is 13.4. The summed E-state index contributed by atoms with van der Waals surface area (Å²) in [6, 6.07) is 15.3. The van der Waals surface area contributed by atoms with Gasteiger partial charge in [0.1, 0.15) is 0 Å². The van der Waals surface area contributed by atoms with E-state index in [1.165, 1.54) is 0 Å². The third-order valence-electron chi connectivity index (χ3n) is 4.21. The Bertz CT molecular complexity index is 1130. The molecule has 0 aliphatic rings. The third-order valence-corrected chi connectivity index (χ3v) is 4.96. The van der Waals surface area contributed by atoms with Crippen molar-refractivity contribution < 1.29 is 18.4 Å². The zero-order valence-corrected chi connectivity index (χ0v) is 16.8. The topological polar surface area (TPSA) is 90.4 Å². The van der Waals surface area contributed by atoms with Crippen LogP contribution in [-0.2, 0) is 11.2 Å². The normalized spacial score (nSPS) is 11.0. The Morgan fingerprint density at radius 2 is 1.97 bits per heavy atom. The number of carbonyl (C=O) groups excluding carboxylic acids is 1. The van der Waals surface area contributed by atoms with Crippen molar-refractivity contribution in [1.82, 2.24) is 10.2 Å². The van der Waals surface area contributed by atoms with Crippen LogP contribution in [0, 0.1) is 0 Å². The molecule has 4 aromatic rings. The lowest BCUT2D eigenvalue weighted by atomic mass is 10.1. The van der Waals surface area contributed by atoms with E-state index in [9.17, 15) is 4.79 Å². The highest BCUT2D eigenvalue weighted by Gasteiger charge is 2.17. The molecule has 1 amide bonds. The smallest absolute Gasteiger partial charge is 0.322 e. The third kappa shape index (κ3) is 4.27. The Morgan fingerprint density at radius 3 is 2.72 bits per heavy atom. The molecule has 2 aromatic heterocycles. The molecule has 4 rings (SSSR count). The average Bonchev–Trinajstić information content (AvgIpc) is 3.36. The summed E-state index contributed by atoms with van der Waals surface area (Å²) in [5.41, 5.74) is 1.52. The van der Waals surface area contributed by atoms with Gasteiger partial charge in [0.25, 0.3) is 5.89 Å². The van der Waals surface area contributed by atoms with Crippen LogP contribution in [0.1, 0.15) is 12.5 Å². The van der Waals surface area contributed by atoms with Crippen LogP contribution in [-0.4, -0.2) is 29.0 Å². The summed E-state index contributed by atoms with van der Waals surface area (Å²) in [6.07, 6.45) is 2.23. The number of benzene rings is 2. The van der Waals surface area contributed by atoms with E-state index >= 15 is 0 Å². The van der Waals surface area contributed by atoms with Crippen molar-refractivity contribution in [2.75, 3.05) is 18.2 Å². The Morgan fingerprint density at radius 1 is 1.14 bits per heavy atom. The van der Waals surface area contributed by atoms with E-state index in [2.05, 4.69) is 15.5 Å². The largest absolute Gasteiger partial charge is 0.490 e. The second kappa shape index (κ2) is 8.40. The summed E-state index contributed by atoms with van der Waals surface area (Å²) in [7, 11) is 0. The van der Waals surface area contributed by atoms with Gasteiger partial charge in [-0.05, 0) is 43.0 Å². The number of thioether (sulfide) groups is 1. The number of rotatable bonds is 7. The number of amides is 1. The summed E-state index contributed by atoms with van der Waals surface area (Å²) in [5, 5.41) is 11.3. The summed E-state index contributed by atoms with van der Waals surface area (Å²) in [6.45, 7) is 2.44. The van der Waals surface area contributed by atoms with Gasteiger partial charge >= 0.3 is 6.01 Å². The van der Waals surface area contributed by atoms with Crippen LogP contribution in [0.25, 0.3) is 22.6 Å². The Hall–Kier alpha value is -3.26. The van der Waals surface area contributed by atoms with E-state index in [1.807, 2.05) is 55.6 Å². The van der Waals surface area contributed by atoms with E-state index in [0.717, 1.165) is 15.8 Å². The number of anilines is 1. The van der Waals surface area contributed by atoms with Gasteiger partial charge in [-0.1, -0.05) is 29.4 Å². The lowest BCUT2D eigenvalue weighted by molar-refractivity contribution is -0.115. The number of aromatic nitrogens is 2. The lowest BCUT2D eigenvalue weighted by Gasteiger charge is -2.02. The first kappa shape index (κ1) is 19.1. The van der Waals surface area contributed by atoms with Crippen LogP contribution in [0.4, 0.5) is 6.01 Å². The van der Waals surface area contributed by atoms with E-state index in [1.54, 1.807) is 17.8 Å². The minimum absolute atomic E-state index is 0.0243. The molecule has 148 valence electrons.